The van der Waals surface area contributed by atoms with Crippen LogP contribution in [0.1, 0.15) is 51.4 Å². The predicted molar refractivity (Wildman–Crippen MR) is 70.1 cm³/mol. The van der Waals surface area contributed by atoms with E-state index in [0.717, 1.165) is 25.9 Å². The molecular formula is C15H25NO2. The molecule has 0 spiro atoms. The van der Waals surface area contributed by atoms with Gasteiger partial charge < -0.3 is 10.5 Å². The fraction of sp³-hybridized carbons (Fsp3) is 0.933. The van der Waals surface area contributed by atoms with Crippen LogP contribution in [0.2, 0.25) is 0 Å². The molecular weight excluding hydrogens is 226 g/mol. The predicted octanol–water partition coefficient (Wildman–Crippen LogP) is 2.28. The summed E-state index contributed by atoms with van der Waals surface area (Å²) in [4.78, 5) is 12.3. The highest BCUT2D eigenvalue weighted by Gasteiger charge is 2.48. The molecule has 0 aromatic heterocycles. The van der Waals surface area contributed by atoms with E-state index in [9.17, 15) is 4.79 Å². The van der Waals surface area contributed by atoms with Crippen molar-refractivity contribution in [1.29, 1.82) is 0 Å². The number of ether oxygens (including phenoxy) is 1. The van der Waals surface area contributed by atoms with Crippen molar-refractivity contribution in [2.24, 2.45) is 23.5 Å². The Morgan fingerprint density at radius 2 is 2.06 bits per heavy atom. The quantitative estimate of drug-likeness (QED) is 0.815. The minimum absolute atomic E-state index is 0.166. The van der Waals surface area contributed by atoms with Gasteiger partial charge >= 0.3 is 0 Å². The van der Waals surface area contributed by atoms with Crippen molar-refractivity contribution in [1.82, 2.24) is 0 Å². The highest BCUT2D eigenvalue weighted by atomic mass is 16.5. The molecule has 3 nitrogen and oxygen atoms in total. The molecule has 2 bridgehead atoms. The molecule has 0 amide bonds. The zero-order valence-electron chi connectivity index (χ0n) is 11.1. The van der Waals surface area contributed by atoms with Crippen molar-refractivity contribution < 1.29 is 9.53 Å². The molecule has 5 atom stereocenters. The standard InChI is InChI=1S/C15H25NO2/c16-15-11-7-6-10(9-11)14(15)13(17)5-1-3-12-4-2-8-18-12/h10-12,14-15H,1-9,16H2. The molecule has 3 aliphatic rings. The molecule has 3 heteroatoms. The Labute approximate surface area is 109 Å². The zero-order valence-corrected chi connectivity index (χ0v) is 11.1. The van der Waals surface area contributed by atoms with Crippen molar-refractivity contribution in [3.63, 3.8) is 0 Å². The third-order valence-corrected chi connectivity index (χ3v) is 5.33. The highest BCUT2D eigenvalue weighted by Crippen LogP contribution is 2.48. The summed E-state index contributed by atoms with van der Waals surface area (Å²) in [6.07, 6.45) is 9.27. The lowest BCUT2D eigenvalue weighted by Crippen LogP contribution is -2.40. The average molecular weight is 251 g/mol. The SMILES string of the molecule is NC1C2CCC(C2)C1C(=O)CCCC1CCCO1. The second kappa shape index (κ2) is 5.30. The normalized spacial score (nSPS) is 42.6. The van der Waals surface area contributed by atoms with Gasteiger partial charge in [0, 0.05) is 25.0 Å². The summed E-state index contributed by atoms with van der Waals surface area (Å²) in [5.74, 6) is 1.88. The first-order chi connectivity index (χ1) is 8.75. The van der Waals surface area contributed by atoms with Gasteiger partial charge in [-0.1, -0.05) is 0 Å². The van der Waals surface area contributed by atoms with E-state index in [1.165, 1.54) is 32.1 Å². The summed E-state index contributed by atoms with van der Waals surface area (Å²) < 4.78 is 5.59. The molecule has 1 heterocycles. The highest BCUT2D eigenvalue weighted by molar-refractivity contribution is 5.82. The minimum Gasteiger partial charge on any atom is -0.378 e. The Morgan fingerprint density at radius 3 is 2.72 bits per heavy atom. The first-order valence-electron chi connectivity index (χ1n) is 7.65. The van der Waals surface area contributed by atoms with E-state index in [0.29, 0.717) is 23.7 Å². The van der Waals surface area contributed by atoms with Crippen molar-refractivity contribution >= 4 is 5.78 Å². The molecule has 0 aromatic rings. The summed E-state index contributed by atoms with van der Waals surface area (Å²) >= 11 is 0. The molecule has 102 valence electrons. The molecule has 1 aliphatic heterocycles. The zero-order chi connectivity index (χ0) is 12.5. The number of carbonyl (C=O) groups is 1. The van der Waals surface area contributed by atoms with Crippen LogP contribution in [0.5, 0.6) is 0 Å². The van der Waals surface area contributed by atoms with Crippen LogP contribution in [-0.2, 0) is 9.53 Å². The molecule has 0 radical (unpaired) electrons. The number of ketones is 1. The van der Waals surface area contributed by atoms with Gasteiger partial charge in [0.15, 0.2) is 0 Å². The average Bonchev–Trinajstić information content (AvgIpc) is 3.03. The number of fused-ring (bicyclic) bond motifs is 2. The number of rotatable bonds is 5. The lowest BCUT2D eigenvalue weighted by atomic mass is 9.80. The molecule has 3 rings (SSSR count). The van der Waals surface area contributed by atoms with Gasteiger partial charge in [0.1, 0.15) is 5.78 Å². The van der Waals surface area contributed by atoms with Crippen LogP contribution >= 0.6 is 0 Å². The first-order valence-corrected chi connectivity index (χ1v) is 7.65. The van der Waals surface area contributed by atoms with Gasteiger partial charge in [-0.3, -0.25) is 4.79 Å². The minimum atomic E-state index is 0.166. The molecule has 2 N–H and O–H groups in total. The monoisotopic (exact) mass is 251 g/mol. The van der Waals surface area contributed by atoms with Crippen LogP contribution in [0.25, 0.3) is 0 Å². The lowest BCUT2D eigenvalue weighted by molar-refractivity contribution is -0.125. The number of Topliss-reactive ketones (excluding diaryl/α,β-unsaturated/α-hetero) is 1. The van der Waals surface area contributed by atoms with Crippen molar-refractivity contribution in [3.8, 4) is 0 Å². The maximum atomic E-state index is 12.3. The first kappa shape index (κ1) is 12.6. The molecule has 2 aliphatic carbocycles. The fourth-order valence-electron chi connectivity index (χ4n) is 4.36. The summed E-state index contributed by atoms with van der Waals surface area (Å²) in [5.41, 5.74) is 6.21. The molecule has 0 aromatic carbocycles. The van der Waals surface area contributed by atoms with Gasteiger partial charge in [-0.05, 0) is 56.8 Å². The fourth-order valence-corrected chi connectivity index (χ4v) is 4.36. The largest absolute Gasteiger partial charge is 0.378 e. The Kier molecular flexibility index (Phi) is 3.71. The van der Waals surface area contributed by atoms with Crippen LogP contribution in [0, 0.1) is 17.8 Å². The van der Waals surface area contributed by atoms with Gasteiger partial charge in [0.25, 0.3) is 0 Å². The molecule has 3 fully saturated rings. The van der Waals surface area contributed by atoms with Crippen LogP contribution < -0.4 is 5.73 Å². The van der Waals surface area contributed by atoms with Crippen LogP contribution in [0.15, 0.2) is 0 Å². The van der Waals surface area contributed by atoms with Gasteiger partial charge in [-0.25, -0.2) is 0 Å². The number of carbonyl (C=O) groups excluding carboxylic acids is 1. The number of nitrogens with two attached hydrogens (primary N) is 1. The van der Waals surface area contributed by atoms with E-state index in [1.54, 1.807) is 0 Å². The maximum absolute atomic E-state index is 12.3. The lowest BCUT2D eigenvalue weighted by Gasteiger charge is -2.27. The second-order valence-electron chi connectivity index (χ2n) is 6.43. The van der Waals surface area contributed by atoms with E-state index >= 15 is 0 Å². The van der Waals surface area contributed by atoms with E-state index in [2.05, 4.69) is 0 Å². The Hall–Kier alpha value is -0.410. The summed E-state index contributed by atoms with van der Waals surface area (Å²) in [6, 6.07) is 0.166. The van der Waals surface area contributed by atoms with Gasteiger partial charge in [-0.15, -0.1) is 0 Å². The molecule has 5 unspecified atom stereocenters. The van der Waals surface area contributed by atoms with Gasteiger partial charge in [-0.2, -0.15) is 0 Å². The van der Waals surface area contributed by atoms with Crippen molar-refractivity contribution in [2.45, 2.75) is 63.5 Å². The van der Waals surface area contributed by atoms with E-state index in [-0.39, 0.29) is 12.0 Å². The third-order valence-electron chi connectivity index (χ3n) is 5.33. The summed E-state index contributed by atoms with van der Waals surface area (Å²) in [5, 5.41) is 0. The van der Waals surface area contributed by atoms with Crippen LogP contribution in [-0.4, -0.2) is 24.5 Å². The van der Waals surface area contributed by atoms with E-state index < -0.39 is 0 Å². The summed E-state index contributed by atoms with van der Waals surface area (Å²) in [6.45, 7) is 0.913. The van der Waals surface area contributed by atoms with E-state index in [1.807, 2.05) is 0 Å². The Balaban J connectivity index is 1.44. The van der Waals surface area contributed by atoms with Gasteiger partial charge in [0.2, 0.25) is 0 Å². The molecule has 1 saturated heterocycles. The van der Waals surface area contributed by atoms with Crippen molar-refractivity contribution in [2.75, 3.05) is 6.61 Å². The molecule has 18 heavy (non-hydrogen) atoms. The van der Waals surface area contributed by atoms with Crippen LogP contribution in [0.3, 0.4) is 0 Å². The van der Waals surface area contributed by atoms with Crippen molar-refractivity contribution in [3.05, 3.63) is 0 Å². The number of hydrogen-bond donors (Lipinski definition) is 1. The topological polar surface area (TPSA) is 52.3 Å². The van der Waals surface area contributed by atoms with Gasteiger partial charge in [0.05, 0.1) is 6.10 Å². The smallest absolute Gasteiger partial charge is 0.137 e. The Morgan fingerprint density at radius 1 is 1.22 bits per heavy atom. The second-order valence-corrected chi connectivity index (χ2v) is 6.43. The summed E-state index contributed by atoms with van der Waals surface area (Å²) in [7, 11) is 0. The third kappa shape index (κ3) is 2.35. The van der Waals surface area contributed by atoms with Crippen LogP contribution in [0.4, 0.5) is 0 Å². The number of hydrogen-bond acceptors (Lipinski definition) is 3. The maximum Gasteiger partial charge on any atom is 0.137 e. The van der Waals surface area contributed by atoms with E-state index in [4.69, 9.17) is 10.5 Å². The molecule has 2 saturated carbocycles. The Bertz CT molecular complexity index is 310.